The van der Waals surface area contributed by atoms with E-state index in [4.69, 9.17) is 0 Å². The Kier molecular flexibility index (Phi) is 4.56. The molecule has 0 saturated carbocycles. The molecule has 1 fully saturated rings. The molecule has 0 aliphatic carbocycles. The van der Waals surface area contributed by atoms with Crippen molar-refractivity contribution in [2.75, 3.05) is 43.4 Å². The van der Waals surface area contributed by atoms with Gasteiger partial charge in [0, 0.05) is 40.2 Å². The fourth-order valence-electron chi connectivity index (χ4n) is 2.36. The number of nitrogens with zero attached hydrogens (tertiary/aromatic N) is 4. The molecule has 0 unspecified atom stereocenters. The Morgan fingerprint density at radius 2 is 2.10 bits per heavy atom. The summed E-state index contributed by atoms with van der Waals surface area (Å²) in [5, 5.41) is 13.8. The van der Waals surface area contributed by atoms with Gasteiger partial charge in [-0.15, -0.1) is 0 Å². The summed E-state index contributed by atoms with van der Waals surface area (Å²) in [5.41, 5.74) is 0.0111. The maximum atomic E-state index is 11.4. The van der Waals surface area contributed by atoms with Crippen LogP contribution in [0.4, 0.5) is 17.3 Å². The molecule has 1 saturated heterocycles. The lowest BCUT2D eigenvalue weighted by molar-refractivity contribution is -0.384. The Hall–Kier alpha value is -2.38. The van der Waals surface area contributed by atoms with Gasteiger partial charge < -0.3 is 15.1 Å². The van der Waals surface area contributed by atoms with Crippen molar-refractivity contribution in [3.8, 4) is 0 Å². The summed E-state index contributed by atoms with van der Waals surface area (Å²) in [4.78, 5) is 30.1. The number of anilines is 2. The van der Waals surface area contributed by atoms with Crippen molar-refractivity contribution >= 4 is 23.2 Å². The van der Waals surface area contributed by atoms with E-state index in [0.29, 0.717) is 31.3 Å². The zero-order chi connectivity index (χ0) is 15.4. The highest BCUT2D eigenvalue weighted by Crippen LogP contribution is 2.24. The molecule has 8 nitrogen and oxygen atoms in total. The Morgan fingerprint density at radius 1 is 1.33 bits per heavy atom. The lowest BCUT2D eigenvalue weighted by Crippen LogP contribution is -2.33. The van der Waals surface area contributed by atoms with Crippen molar-refractivity contribution in [1.82, 2.24) is 9.88 Å². The monoisotopic (exact) mass is 293 g/mol. The van der Waals surface area contributed by atoms with Gasteiger partial charge in [-0.3, -0.25) is 14.9 Å². The van der Waals surface area contributed by atoms with Crippen LogP contribution in [-0.2, 0) is 4.79 Å². The van der Waals surface area contributed by atoms with Crippen molar-refractivity contribution in [3.63, 3.8) is 0 Å². The predicted molar refractivity (Wildman–Crippen MR) is 79.5 cm³/mol. The van der Waals surface area contributed by atoms with Gasteiger partial charge in [0.2, 0.25) is 5.91 Å². The number of hydrogen-bond donors (Lipinski definition) is 1. The van der Waals surface area contributed by atoms with Crippen molar-refractivity contribution in [1.29, 1.82) is 0 Å². The summed E-state index contributed by atoms with van der Waals surface area (Å²) in [6, 6.07) is 2.88. The standard InChI is InChI=1S/C13H19N5O3/c1-10(19)16-4-3-5-17(7-6-16)13-9-11(18(20)21)8-12(14-2)15-13/h8-9H,3-7H2,1-2H3,(H,14,15). The van der Waals surface area contributed by atoms with E-state index in [1.807, 2.05) is 4.90 Å². The maximum absolute atomic E-state index is 11.4. The van der Waals surface area contributed by atoms with Crippen LogP contribution in [0.2, 0.25) is 0 Å². The molecule has 2 rings (SSSR count). The summed E-state index contributed by atoms with van der Waals surface area (Å²) in [5.74, 6) is 1.09. The zero-order valence-corrected chi connectivity index (χ0v) is 12.2. The van der Waals surface area contributed by atoms with Gasteiger partial charge in [0.1, 0.15) is 11.6 Å². The average molecular weight is 293 g/mol. The summed E-state index contributed by atoms with van der Waals surface area (Å²) in [6.07, 6.45) is 0.818. The van der Waals surface area contributed by atoms with Crippen LogP contribution in [-0.4, -0.2) is 53.9 Å². The van der Waals surface area contributed by atoms with E-state index >= 15 is 0 Å². The average Bonchev–Trinajstić information content (AvgIpc) is 2.72. The summed E-state index contributed by atoms with van der Waals surface area (Å²) < 4.78 is 0. The highest BCUT2D eigenvalue weighted by molar-refractivity contribution is 5.73. The third kappa shape index (κ3) is 3.59. The molecule has 8 heteroatoms. The van der Waals surface area contributed by atoms with Crippen LogP contribution in [0.15, 0.2) is 12.1 Å². The fraction of sp³-hybridized carbons (Fsp3) is 0.538. The second-order valence-electron chi connectivity index (χ2n) is 4.92. The van der Waals surface area contributed by atoms with E-state index in [2.05, 4.69) is 10.3 Å². The van der Waals surface area contributed by atoms with Gasteiger partial charge in [-0.1, -0.05) is 0 Å². The minimum Gasteiger partial charge on any atom is -0.373 e. The van der Waals surface area contributed by atoms with E-state index in [-0.39, 0.29) is 11.6 Å². The first kappa shape index (κ1) is 15.0. The Morgan fingerprint density at radius 3 is 2.71 bits per heavy atom. The van der Waals surface area contributed by atoms with Crippen LogP contribution in [0.1, 0.15) is 13.3 Å². The molecule has 1 N–H and O–H groups in total. The molecule has 1 amide bonds. The molecule has 0 radical (unpaired) electrons. The van der Waals surface area contributed by atoms with Gasteiger partial charge >= 0.3 is 0 Å². The Bertz CT molecular complexity index is 549. The topological polar surface area (TPSA) is 91.6 Å². The molecule has 1 aliphatic rings. The van der Waals surface area contributed by atoms with Crippen molar-refractivity contribution in [3.05, 3.63) is 22.2 Å². The number of nitrogens with one attached hydrogen (secondary N) is 1. The van der Waals surface area contributed by atoms with Crippen LogP contribution >= 0.6 is 0 Å². The second kappa shape index (κ2) is 6.38. The highest BCUT2D eigenvalue weighted by Gasteiger charge is 2.20. The van der Waals surface area contributed by atoms with Crippen LogP contribution in [0.3, 0.4) is 0 Å². The lowest BCUT2D eigenvalue weighted by atomic mass is 10.3. The second-order valence-corrected chi connectivity index (χ2v) is 4.92. The molecule has 21 heavy (non-hydrogen) atoms. The molecule has 1 aromatic rings. The number of pyridine rings is 1. The molecule has 0 atom stereocenters. The van der Waals surface area contributed by atoms with Crippen LogP contribution in [0, 0.1) is 10.1 Å². The van der Waals surface area contributed by atoms with Gasteiger partial charge in [-0.2, -0.15) is 0 Å². The van der Waals surface area contributed by atoms with Gasteiger partial charge in [-0.25, -0.2) is 4.98 Å². The minimum atomic E-state index is -0.425. The molecule has 1 aromatic heterocycles. The minimum absolute atomic E-state index is 0.0111. The third-order valence-electron chi connectivity index (χ3n) is 3.53. The van der Waals surface area contributed by atoms with Crippen LogP contribution in [0.5, 0.6) is 0 Å². The lowest BCUT2D eigenvalue weighted by Gasteiger charge is -2.22. The first-order chi connectivity index (χ1) is 10.0. The van der Waals surface area contributed by atoms with Crippen molar-refractivity contribution in [2.24, 2.45) is 0 Å². The summed E-state index contributed by atoms with van der Waals surface area (Å²) in [7, 11) is 1.68. The molecular formula is C13H19N5O3. The van der Waals surface area contributed by atoms with Gasteiger partial charge in [0.15, 0.2) is 0 Å². The number of carbonyl (C=O) groups excluding carboxylic acids is 1. The maximum Gasteiger partial charge on any atom is 0.276 e. The van der Waals surface area contributed by atoms with E-state index in [9.17, 15) is 14.9 Å². The fourth-order valence-corrected chi connectivity index (χ4v) is 2.36. The van der Waals surface area contributed by atoms with Gasteiger partial charge in [0.25, 0.3) is 5.69 Å². The van der Waals surface area contributed by atoms with E-state index < -0.39 is 4.92 Å². The van der Waals surface area contributed by atoms with Crippen molar-refractivity contribution < 1.29 is 9.72 Å². The Balaban J connectivity index is 2.22. The van der Waals surface area contributed by atoms with Crippen LogP contribution in [0.25, 0.3) is 0 Å². The number of nitro groups is 1. The molecule has 1 aliphatic heterocycles. The molecule has 0 spiro atoms. The Labute approximate surface area is 122 Å². The highest BCUT2D eigenvalue weighted by atomic mass is 16.6. The number of hydrogen-bond acceptors (Lipinski definition) is 6. The van der Waals surface area contributed by atoms with Crippen LogP contribution < -0.4 is 10.2 Å². The molecule has 0 aromatic carbocycles. The molecule has 2 heterocycles. The first-order valence-corrected chi connectivity index (χ1v) is 6.86. The summed E-state index contributed by atoms with van der Waals surface area (Å²) >= 11 is 0. The summed E-state index contributed by atoms with van der Waals surface area (Å²) in [6.45, 7) is 4.21. The number of carbonyl (C=O) groups is 1. The number of aromatic nitrogens is 1. The largest absolute Gasteiger partial charge is 0.373 e. The molecule has 0 bridgehead atoms. The van der Waals surface area contributed by atoms with E-state index in [1.54, 1.807) is 18.9 Å². The molecule has 114 valence electrons. The predicted octanol–water partition coefficient (Wildman–Crippen LogP) is 1.09. The first-order valence-electron chi connectivity index (χ1n) is 6.86. The van der Waals surface area contributed by atoms with Gasteiger partial charge in [-0.05, 0) is 6.42 Å². The SMILES string of the molecule is CNc1cc([N+](=O)[O-])cc(N2CCCN(C(C)=O)CC2)n1. The number of rotatable bonds is 3. The normalized spacial score (nSPS) is 15.5. The number of amides is 1. The quantitative estimate of drug-likeness (QED) is 0.662. The zero-order valence-electron chi connectivity index (χ0n) is 12.2. The molecular weight excluding hydrogens is 274 g/mol. The smallest absolute Gasteiger partial charge is 0.276 e. The third-order valence-corrected chi connectivity index (χ3v) is 3.53. The van der Waals surface area contributed by atoms with Crippen molar-refractivity contribution in [2.45, 2.75) is 13.3 Å². The van der Waals surface area contributed by atoms with E-state index in [1.165, 1.54) is 12.1 Å². The van der Waals surface area contributed by atoms with Gasteiger partial charge in [0.05, 0.1) is 17.1 Å². The van der Waals surface area contributed by atoms with E-state index in [0.717, 1.165) is 13.0 Å².